The Labute approximate surface area is 173 Å². The summed E-state index contributed by atoms with van der Waals surface area (Å²) in [7, 11) is 0.305. The monoisotopic (exact) mass is 442 g/mol. The summed E-state index contributed by atoms with van der Waals surface area (Å²) >= 11 is 0. The largest absolute Gasteiger partial charge is 0.495 e. The highest BCUT2D eigenvalue weighted by atomic mass is 32.2. The molecule has 0 fully saturated rings. The number of anilines is 1. The number of carbonyl (C=O) groups is 1. The van der Waals surface area contributed by atoms with Crippen LogP contribution in [0.5, 0.6) is 5.75 Å². The Morgan fingerprint density at radius 1 is 1.13 bits per heavy atom. The van der Waals surface area contributed by atoms with Crippen molar-refractivity contribution in [2.75, 3.05) is 26.5 Å². The lowest BCUT2D eigenvalue weighted by Gasteiger charge is -2.15. The molecule has 0 aromatic heterocycles. The quantitative estimate of drug-likeness (QED) is 0.688. The van der Waals surface area contributed by atoms with Crippen LogP contribution in [-0.4, -0.2) is 39.8 Å². The van der Waals surface area contributed by atoms with Gasteiger partial charge >= 0.3 is 6.18 Å². The summed E-state index contributed by atoms with van der Waals surface area (Å²) in [6.45, 7) is 1.33. The first-order valence-electron chi connectivity index (χ1n) is 8.63. The van der Waals surface area contributed by atoms with E-state index >= 15 is 0 Å². The molecule has 10 heteroatoms. The molecule has 1 N–H and O–H groups in total. The minimum atomic E-state index is -4.53. The van der Waals surface area contributed by atoms with Gasteiger partial charge in [-0.2, -0.15) is 13.2 Å². The predicted molar refractivity (Wildman–Crippen MR) is 108 cm³/mol. The lowest BCUT2D eigenvalue weighted by Crippen LogP contribution is -2.22. The number of ether oxygens (including phenoxy) is 1. The van der Waals surface area contributed by atoms with Crippen LogP contribution in [0.4, 0.5) is 18.9 Å². The number of nitrogens with zero attached hydrogens (tertiary/aromatic N) is 1. The van der Waals surface area contributed by atoms with Crippen LogP contribution in [0.3, 0.4) is 0 Å². The van der Waals surface area contributed by atoms with Gasteiger partial charge in [0.05, 0.1) is 12.7 Å². The smallest absolute Gasteiger partial charge is 0.416 e. The molecule has 0 heterocycles. The molecule has 0 bridgehead atoms. The zero-order valence-electron chi connectivity index (χ0n) is 16.7. The summed E-state index contributed by atoms with van der Waals surface area (Å²) in [6, 6.07) is 7.83. The van der Waals surface area contributed by atoms with Crippen LogP contribution in [0.1, 0.15) is 16.7 Å². The van der Waals surface area contributed by atoms with Gasteiger partial charge in [0.25, 0.3) is 0 Å². The Kier molecular flexibility index (Phi) is 6.94. The Bertz CT molecular complexity index is 1080. The van der Waals surface area contributed by atoms with Crippen LogP contribution in [0.2, 0.25) is 0 Å². The van der Waals surface area contributed by atoms with E-state index in [1.807, 2.05) is 0 Å². The van der Waals surface area contributed by atoms with Crippen LogP contribution < -0.4 is 10.1 Å². The number of sulfonamides is 1. The molecule has 0 unspecified atom stereocenters. The van der Waals surface area contributed by atoms with Gasteiger partial charge in [0.1, 0.15) is 10.6 Å². The van der Waals surface area contributed by atoms with Gasteiger partial charge in [-0.25, -0.2) is 12.7 Å². The fourth-order valence-corrected chi connectivity index (χ4v) is 3.64. The molecule has 2 rings (SSSR count). The number of benzene rings is 2. The first-order valence-corrected chi connectivity index (χ1v) is 10.1. The van der Waals surface area contributed by atoms with Crippen LogP contribution in [-0.2, 0) is 21.0 Å². The SMILES string of the molecule is COc1ccc(/C=C/C(=O)Nc2ccc(C)c(C(F)(F)F)c2)cc1S(=O)(=O)N(C)C. The average Bonchev–Trinajstić information content (AvgIpc) is 2.66. The molecule has 30 heavy (non-hydrogen) atoms. The molecule has 0 aliphatic rings. The van der Waals surface area contributed by atoms with Crippen LogP contribution in [0.15, 0.2) is 47.4 Å². The molecular formula is C20H21F3N2O4S. The van der Waals surface area contributed by atoms with Crippen molar-refractivity contribution in [2.24, 2.45) is 0 Å². The number of hydrogen-bond acceptors (Lipinski definition) is 4. The van der Waals surface area contributed by atoms with E-state index in [2.05, 4.69) is 5.32 Å². The third kappa shape index (κ3) is 5.39. The summed E-state index contributed by atoms with van der Waals surface area (Å²) in [4.78, 5) is 12.0. The molecule has 0 aliphatic carbocycles. The van der Waals surface area contributed by atoms with Crippen LogP contribution in [0.25, 0.3) is 6.08 Å². The molecule has 0 atom stereocenters. The maximum Gasteiger partial charge on any atom is 0.416 e. The van der Waals surface area contributed by atoms with E-state index in [0.29, 0.717) is 5.56 Å². The second-order valence-electron chi connectivity index (χ2n) is 6.55. The second-order valence-corrected chi connectivity index (χ2v) is 8.67. The van der Waals surface area contributed by atoms with Crippen LogP contribution in [0, 0.1) is 6.92 Å². The lowest BCUT2D eigenvalue weighted by atomic mass is 10.1. The summed E-state index contributed by atoms with van der Waals surface area (Å²) in [6.07, 6.45) is -2.08. The van der Waals surface area contributed by atoms with Crippen molar-refractivity contribution >= 4 is 27.7 Å². The highest BCUT2D eigenvalue weighted by Gasteiger charge is 2.32. The predicted octanol–water partition coefficient (Wildman–Crippen LogP) is 3.92. The van der Waals surface area contributed by atoms with E-state index in [1.54, 1.807) is 6.07 Å². The minimum Gasteiger partial charge on any atom is -0.495 e. The molecular weight excluding hydrogens is 421 g/mol. The van der Waals surface area contributed by atoms with Crippen molar-refractivity contribution in [3.05, 3.63) is 59.2 Å². The zero-order valence-corrected chi connectivity index (χ0v) is 17.6. The zero-order chi connectivity index (χ0) is 22.7. The molecule has 0 spiro atoms. The number of hydrogen-bond donors (Lipinski definition) is 1. The van der Waals surface area contributed by atoms with Gasteiger partial charge in [0, 0.05) is 25.9 Å². The fourth-order valence-electron chi connectivity index (χ4n) is 2.56. The highest BCUT2D eigenvalue weighted by Crippen LogP contribution is 2.33. The highest BCUT2D eigenvalue weighted by molar-refractivity contribution is 7.89. The molecule has 0 saturated carbocycles. The number of aryl methyl sites for hydroxylation is 1. The summed E-state index contributed by atoms with van der Waals surface area (Å²) in [5.74, 6) is -0.524. The Morgan fingerprint density at radius 3 is 2.37 bits per heavy atom. The van der Waals surface area contributed by atoms with Gasteiger partial charge in [0.2, 0.25) is 15.9 Å². The Balaban J connectivity index is 2.25. The maximum atomic E-state index is 13.0. The minimum absolute atomic E-state index is 0.00631. The second kappa shape index (κ2) is 8.88. The standard InChI is InChI=1S/C20H21F3N2O4S/c1-13-5-8-15(12-16(13)20(21,22)23)24-19(26)10-7-14-6-9-17(29-4)18(11-14)30(27,28)25(2)3/h5-12H,1-4H3,(H,24,26)/b10-7+. The van der Waals surface area contributed by atoms with Crippen molar-refractivity contribution in [3.8, 4) is 5.75 Å². The van der Waals surface area contributed by atoms with E-state index in [9.17, 15) is 26.4 Å². The van der Waals surface area contributed by atoms with E-state index in [-0.39, 0.29) is 21.9 Å². The first-order chi connectivity index (χ1) is 13.9. The Morgan fingerprint density at radius 2 is 1.80 bits per heavy atom. The molecule has 6 nitrogen and oxygen atoms in total. The molecule has 2 aromatic carbocycles. The van der Waals surface area contributed by atoms with E-state index < -0.39 is 27.7 Å². The van der Waals surface area contributed by atoms with Crippen molar-refractivity contribution in [2.45, 2.75) is 18.0 Å². The number of nitrogens with one attached hydrogen (secondary N) is 1. The molecule has 0 aliphatic heterocycles. The number of methoxy groups -OCH3 is 1. The third-order valence-corrected chi connectivity index (χ3v) is 6.02. The van der Waals surface area contributed by atoms with E-state index in [1.165, 1.54) is 58.5 Å². The van der Waals surface area contributed by atoms with Gasteiger partial charge in [-0.1, -0.05) is 12.1 Å². The number of halogens is 3. The normalized spacial score (nSPS) is 12.4. The average molecular weight is 442 g/mol. The van der Waals surface area contributed by atoms with Gasteiger partial charge in [-0.15, -0.1) is 0 Å². The number of carbonyl (C=O) groups excluding carboxylic acids is 1. The summed E-state index contributed by atoms with van der Waals surface area (Å²) in [5.41, 5.74) is -0.402. The van der Waals surface area contributed by atoms with Crippen molar-refractivity contribution in [1.29, 1.82) is 0 Å². The lowest BCUT2D eigenvalue weighted by molar-refractivity contribution is -0.138. The molecule has 0 radical (unpaired) electrons. The van der Waals surface area contributed by atoms with Crippen molar-refractivity contribution in [1.82, 2.24) is 4.31 Å². The van der Waals surface area contributed by atoms with Crippen molar-refractivity contribution in [3.63, 3.8) is 0 Å². The third-order valence-electron chi connectivity index (χ3n) is 4.18. The van der Waals surface area contributed by atoms with E-state index in [0.717, 1.165) is 16.4 Å². The summed E-state index contributed by atoms with van der Waals surface area (Å²) < 4.78 is 70.0. The first kappa shape index (κ1) is 23.4. The summed E-state index contributed by atoms with van der Waals surface area (Å²) in [5, 5.41) is 2.36. The number of alkyl halides is 3. The van der Waals surface area contributed by atoms with Gasteiger partial charge in [-0.3, -0.25) is 4.79 Å². The topological polar surface area (TPSA) is 75.7 Å². The fraction of sp³-hybridized carbons (Fsp3) is 0.250. The molecule has 2 aromatic rings. The van der Waals surface area contributed by atoms with Gasteiger partial charge in [-0.05, 0) is 48.4 Å². The maximum absolute atomic E-state index is 13.0. The van der Waals surface area contributed by atoms with Crippen molar-refractivity contribution < 1.29 is 31.1 Å². The van der Waals surface area contributed by atoms with E-state index in [4.69, 9.17) is 4.74 Å². The molecule has 162 valence electrons. The molecule has 1 amide bonds. The number of amides is 1. The van der Waals surface area contributed by atoms with Crippen LogP contribution >= 0.6 is 0 Å². The van der Waals surface area contributed by atoms with Gasteiger partial charge in [0.15, 0.2) is 0 Å². The molecule has 0 saturated heterocycles. The Hall–Kier alpha value is -2.85. The van der Waals surface area contributed by atoms with Gasteiger partial charge < -0.3 is 10.1 Å². The number of rotatable bonds is 6.